The Balaban J connectivity index is 1.57. The molecule has 0 spiro atoms. The molecule has 4 rings (SSSR count). The summed E-state index contributed by atoms with van der Waals surface area (Å²) in [5, 5.41) is 4.22. The maximum Gasteiger partial charge on any atom is 0.258 e. The molecule has 1 fully saturated rings. The Labute approximate surface area is 139 Å². The fourth-order valence-corrected chi connectivity index (χ4v) is 3.41. The summed E-state index contributed by atoms with van der Waals surface area (Å²) in [7, 11) is 0. The average molecular weight is 324 g/mol. The van der Waals surface area contributed by atoms with Gasteiger partial charge in [0.1, 0.15) is 18.3 Å². The van der Waals surface area contributed by atoms with Crippen LogP contribution in [0.1, 0.15) is 25.0 Å². The van der Waals surface area contributed by atoms with Crippen molar-refractivity contribution in [3.8, 4) is 0 Å². The van der Waals surface area contributed by atoms with Gasteiger partial charge < -0.3 is 0 Å². The Morgan fingerprint density at radius 1 is 1.25 bits per heavy atom. The van der Waals surface area contributed by atoms with Crippen LogP contribution in [-0.2, 0) is 13.1 Å². The molecule has 0 aliphatic carbocycles. The molecular formula is C17H20N6O. The maximum atomic E-state index is 12.3. The third-order valence-corrected chi connectivity index (χ3v) is 4.60. The van der Waals surface area contributed by atoms with Crippen molar-refractivity contribution in [1.29, 1.82) is 0 Å². The van der Waals surface area contributed by atoms with Crippen LogP contribution in [0.2, 0.25) is 0 Å². The molecule has 1 aliphatic heterocycles. The second-order valence-corrected chi connectivity index (χ2v) is 6.25. The van der Waals surface area contributed by atoms with Gasteiger partial charge in [0.05, 0.1) is 12.2 Å². The van der Waals surface area contributed by atoms with E-state index in [0.717, 1.165) is 25.2 Å². The molecule has 24 heavy (non-hydrogen) atoms. The lowest BCUT2D eigenvalue weighted by molar-refractivity contribution is 0.120. The van der Waals surface area contributed by atoms with Crippen LogP contribution in [0.15, 0.2) is 47.9 Å². The third-order valence-electron chi connectivity index (χ3n) is 4.60. The second kappa shape index (κ2) is 6.52. The minimum Gasteiger partial charge on any atom is -0.293 e. The van der Waals surface area contributed by atoms with Gasteiger partial charge in [0, 0.05) is 24.8 Å². The largest absolute Gasteiger partial charge is 0.293 e. The van der Waals surface area contributed by atoms with Crippen molar-refractivity contribution < 1.29 is 0 Å². The van der Waals surface area contributed by atoms with E-state index in [1.54, 1.807) is 29.3 Å². The molecule has 0 bridgehead atoms. The van der Waals surface area contributed by atoms with Crippen molar-refractivity contribution in [3.05, 3.63) is 59.2 Å². The van der Waals surface area contributed by atoms with E-state index >= 15 is 0 Å². The molecule has 0 amide bonds. The lowest BCUT2D eigenvalue weighted by atomic mass is 10.0. The highest BCUT2D eigenvalue weighted by Gasteiger charge is 2.23. The van der Waals surface area contributed by atoms with Crippen molar-refractivity contribution >= 4 is 5.65 Å². The van der Waals surface area contributed by atoms with E-state index in [-0.39, 0.29) is 5.56 Å². The Hall–Kier alpha value is -2.54. The first-order valence-electron chi connectivity index (χ1n) is 8.33. The summed E-state index contributed by atoms with van der Waals surface area (Å²) in [6, 6.07) is 7.66. The molecule has 7 heteroatoms. The summed E-state index contributed by atoms with van der Waals surface area (Å²) in [5.41, 5.74) is 1.50. The van der Waals surface area contributed by atoms with Gasteiger partial charge in [0.2, 0.25) is 0 Å². The molecule has 0 N–H and O–H groups in total. The fourth-order valence-electron chi connectivity index (χ4n) is 3.41. The summed E-state index contributed by atoms with van der Waals surface area (Å²) in [4.78, 5) is 23.3. The number of hydrogen-bond acceptors (Lipinski definition) is 5. The van der Waals surface area contributed by atoms with Gasteiger partial charge >= 0.3 is 0 Å². The number of aromatic nitrogens is 5. The highest BCUT2D eigenvalue weighted by molar-refractivity contribution is 5.37. The number of fused-ring (bicyclic) bond motifs is 1. The van der Waals surface area contributed by atoms with E-state index in [0.29, 0.717) is 18.2 Å². The number of piperidine rings is 1. The van der Waals surface area contributed by atoms with Crippen molar-refractivity contribution in [2.24, 2.45) is 0 Å². The number of likely N-dealkylation sites (tertiary alicyclic amines) is 1. The van der Waals surface area contributed by atoms with E-state index in [4.69, 9.17) is 0 Å². The lowest BCUT2D eigenvalue weighted by Crippen LogP contribution is -2.42. The molecule has 7 nitrogen and oxygen atoms in total. The Morgan fingerprint density at radius 3 is 3.08 bits per heavy atom. The lowest BCUT2D eigenvalue weighted by Gasteiger charge is -2.35. The highest BCUT2D eigenvalue weighted by atomic mass is 16.1. The molecule has 3 aromatic heterocycles. The molecule has 0 saturated carbocycles. The van der Waals surface area contributed by atoms with Crippen LogP contribution in [0, 0.1) is 0 Å². The van der Waals surface area contributed by atoms with Crippen molar-refractivity contribution in [2.75, 3.05) is 6.54 Å². The smallest absolute Gasteiger partial charge is 0.258 e. The summed E-state index contributed by atoms with van der Waals surface area (Å²) in [6.45, 7) is 2.54. The Kier molecular flexibility index (Phi) is 4.08. The molecule has 4 heterocycles. The zero-order chi connectivity index (χ0) is 16.4. The van der Waals surface area contributed by atoms with Gasteiger partial charge in [-0.1, -0.05) is 12.5 Å². The van der Waals surface area contributed by atoms with E-state index in [1.807, 2.05) is 22.9 Å². The standard InChI is InChI=1S/C17H20N6O/c24-17-9-14(20-16-6-2-4-8-23(16)17)10-21-7-3-1-5-15(21)11-22-13-18-12-19-22/h2,4,6,8-9,12-13,15H,1,3,5,7,10-11H2. The fraction of sp³-hybridized carbons (Fsp3) is 0.412. The van der Waals surface area contributed by atoms with Crippen LogP contribution in [0.25, 0.3) is 5.65 Å². The number of rotatable bonds is 4. The van der Waals surface area contributed by atoms with Crippen LogP contribution in [0.5, 0.6) is 0 Å². The monoisotopic (exact) mass is 324 g/mol. The first-order valence-corrected chi connectivity index (χ1v) is 8.33. The van der Waals surface area contributed by atoms with Gasteiger partial charge in [0.15, 0.2) is 0 Å². The zero-order valence-electron chi connectivity index (χ0n) is 13.5. The van der Waals surface area contributed by atoms with E-state index in [2.05, 4.69) is 20.0 Å². The first-order chi connectivity index (χ1) is 11.8. The Morgan fingerprint density at radius 2 is 2.21 bits per heavy atom. The molecule has 124 valence electrons. The van der Waals surface area contributed by atoms with Gasteiger partial charge in [-0.25, -0.2) is 9.97 Å². The molecular weight excluding hydrogens is 304 g/mol. The third kappa shape index (κ3) is 3.07. The van der Waals surface area contributed by atoms with E-state index < -0.39 is 0 Å². The Bertz CT molecular complexity index is 872. The molecule has 1 saturated heterocycles. The molecule has 1 atom stereocenters. The normalized spacial score (nSPS) is 18.9. The molecule has 0 radical (unpaired) electrons. The number of nitrogens with zero attached hydrogens (tertiary/aromatic N) is 6. The van der Waals surface area contributed by atoms with Gasteiger partial charge in [-0.15, -0.1) is 0 Å². The molecule has 1 aliphatic rings. The topological polar surface area (TPSA) is 68.3 Å². The summed E-state index contributed by atoms with van der Waals surface area (Å²) in [5.74, 6) is 0. The van der Waals surface area contributed by atoms with E-state index in [9.17, 15) is 4.79 Å². The SMILES string of the molecule is O=c1cc(CN2CCCCC2Cn2cncn2)nc2ccccn12. The summed E-state index contributed by atoms with van der Waals surface area (Å²) >= 11 is 0. The van der Waals surface area contributed by atoms with Crippen LogP contribution in [0.4, 0.5) is 0 Å². The number of hydrogen-bond donors (Lipinski definition) is 0. The van der Waals surface area contributed by atoms with Crippen molar-refractivity contribution in [2.45, 2.75) is 38.4 Å². The first kappa shape index (κ1) is 15.0. The van der Waals surface area contributed by atoms with Crippen LogP contribution < -0.4 is 5.56 Å². The predicted molar refractivity (Wildman–Crippen MR) is 89.5 cm³/mol. The van der Waals surface area contributed by atoms with Gasteiger partial charge in [0.25, 0.3) is 5.56 Å². The van der Waals surface area contributed by atoms with Crippen molar-refractivity contribution in [3.63, 3.8) is 0 Å². The van der Waals surface area contributed by atoms with Crippen LogP contribution in [-0.4, -0.2) is 41.6 Å². The van der Waals surface area contributed by atoms with Gasteiger partial charge in [-0.3, -0.25) is 18.8 Å². The molecule has 1 unspecified atom stereocenters. The highest BCUT2D eigenvalue weighted by Crippen LogP contribution is 2.20. The summed E-state index contributed by atoms with van der Waals surface area (Å²) < 4.78 is 3.46. The molecule has 0 aromatic carbocycles. The minimum atomic E-state index is -0.0274. The summed E-state index contributed by atoms with van der Waals surface area (Å²) in [6.07, 6.45) is 8.62. The van der Waals surface area contributed by atoms with E-state index in [1.165, 1.54) is 12.8 Å². The maximum absolute atomic E-state index is 12.3. The second-order valence-electron chi connectivity index (χ2n) is 6.25. The average Bonchev–Trinajstić information content (AvgIpc) is 3.10. The van der Waals surface area contributed by atoms with Crippen LogP contribution >= 0.6 is 0 Å². The number of pyridine rings is 1. The van der Waals surface area contributed by atoms with Gasteiger partial charge in [-0.05, 0) is 31.5 Å². The predicted octanol–water partition coefficient (Wildman–Crippen LogP) is 1.34. The van der Waals surface area contributed by atoms with Gasteiger partial charge in [-0.2, -0.15) is 5.10 Å². The minimum absolute atomic E-state index is 0.0274. The quantitative estimate of drug-likeness (QED) is 0.724. The molecule has 3 aromatic rings. The zero-order valence-corrected chi connectivity index (χ0v) is 13.5. The van der Waals surface area contributed by atoms with Crippen LogP contribution in [0.3, 0.4) is 0 Å². The van der Waals surface area contributed by atoms with Crippen molar-refractivity contribution in [1.82, 2.24) is 29.0 Å².